The second-order valence-electron chi connectivity index (χ2n) is 4.80. The first kappa shape index (κ1) is 14.9. The Kier molecular flexibility index (Phi) is 8.02. The fraction of sp³-hybridized carbons (Fsp3) is 1.00. The quantitative estimate of drug-likeness (QED) is 0.517. The van der Waals surface area contributed by atoms with E-state index in [0.717, 1.165) is 38.5 Å². The zero-order valence-electron chi connectivity index (χ0n) is 10.1. The molecular formula is C12H26O3. The predicted octanol–water partition coefficient (Wildman–Crippen LogP) is 1.84. The molecule has 0 fully saturated rings. The van der Waals surface area contributed by atoms with Crippen LogP contribution < -0.4 is 0 Å². The number of rotatable bonds is 9. The lowest BCUT2D eigenvalue weighted by molar-refractivity contribution is -0.0522. The molecule has 0 aliphatic rings. The normalized spacial score (nSPS) is 14.2. The van der Waals surface area contributed by atoms with Crippen LogP contribution in [0.3, 0.4) is 0 Å². The summed E-state index contributed by atoms with van der Waals surface area (Å²) < 4.78 is 0. The van der Waals surface area contributed by atoms with Crippen LogP contribution in [-0.4, -0.2) is 33.6 Å². The maximum Gasteiger partial charge on any atom is 0.0849 e. The molecule has 0 aliphatic carbocycles. The topological polar surface area (TPSA) is 60.7 Å². The van der Waals surface area contributed by atoms with Crippen molar-refractivity contribution in [3.05, 3.63) is 0 Å². The first-order chi connectivity index (χ1) is 6.98. The Balaban J connectivity index is 3.24. The minimum absolute atomic E-state index is 0.289. The van der Waals surface area contributed by atoms with Crippen molar-refractivity contribution in [2.45, 2.75) is 70.5 Å². The second kappa shape index (κ2) is 8.08. The fourth-order valence-corrected chi connectivity index (χ4v) is 1.51. The smallest absolute Gasteiger partial charge is 0.0849 e. The SMILES string of the molecule is CC(C)(O)C(O)CCCCCCCCO. The van der Waals surface area contributed by atoms with Gasteiger partial charge in [0.2, 0.25) is 0 Å². The summed E-state index contributed by atoms with van der Waals surface area (Å²) in [5.41, 5.74) is -0.975. The fourth-order valence-electron chi connectivity index (χ4n) is 1.51. The standard InChI is InChI=1S/C12H26O3/c1-12(2,15)11(14)9-7-5-3-4-6-8-10-13/h11,13-15H,3-10H2,1-2H3. The third-order valence-corrected chi connectivity index (χ3v) is 2.70. The van der Waals surface area contributed by atoms with Gasteiger partial charge >= 0.3 is 0 Å². The summed E-state index contributed by atoms with van der Waals surface area (Å²) in [6.07, 6.45) is 6.40. The van der Waals surface area contributed by atoms with Gasteiger partial charge < -0.3 is 15.3 Å². The number of aliphatic hydroxyl groups is 3. The molecule has 3 nitrogen and oxygen atoms in total. The number of aliphatic hydroxyl groups excluding tert-OH is 2. The van der Waals surface area contributed by atoms with Crippen molar-refractivity contribution in [1.29, 1.82) is 0 Å². The van der Waals surface area contributed by atoms with Gasteiger partial charge in [-0.2, -0.15) is 0 Å². The molecule has 0 bridgehead atoms. The molecule has 1 atom stereocenters. The van der Waals surface area contributed by atoms with E-state index in [1.807, 2.05) is 0 Å². The predicted molar refractivity (Wildman–Crippen MR) is 61.7 cm³/mol. The molecule has 0 spiro atoms. The Bertz CT molecular complexity index is 140. The zero-order valence-corrected chi connectivity index (χ0v) is 10.1. The molecule has 0 aliphatic heterocycles. The van der Waals surface area contributed by atoms with Gasteiger partial charge in [-0.05, 0) is 26.7 Å². The Morgan fingerprint density at radius 3 is 1.87 bits per heavy atom. The van der Waals surface area contributed by atoms with Crippen molar-refractivity contribution in [3.63, 3.8) is 0 Å². The molecule has 0 heterocycles. The number of unbranched alkanes of at least 4 members (excludes halogenated alkanes) is 5. The van der Waals surface area contributed by atoms with Crippen LogP contribution in [0.2, 0.25) is 0 Å². The highest BCUT2D eigenvalue weighted by Gasteiger charge is 2.23. The minimum atomic E-state index is -0.975. The van der Waals surface area contributed by atoms with Crippen molar-refractivity contribution in [2.24, 2.45) is 0 Å². The Hall–Kier alpha value is -0.120. The molecule has 0 aromatic heterocycles. The molecule has 0 aromatic carbocycles. The van der Waals surface area contributed by atoms with E-state index < -0.39 is 11.7 Å². The summed E-state index contributed by atoms with van der Waals surface area (Å²) in [5.74, 6) is 0. The van der Waals surface area contributed by atoms with Gasteiger partial charge in [-0.3, -0.25) is 0 Å². The third-order valence-electron chi connectivity index (χ3n) is 2.70. The van der Waals surface area contributed by atoms with Crippen LogP contribution in [0.4, 0.5) is 0 Å². The lowest BCUT2D eigenvalue weighted by Gasteiger charge is -2.24. The first-order valence-corrected chi connectivity index (χ1v) is 5.99. The van der Waals surface area contributed by atoms with E-state index in [9.17, 15) is 10.2 Å². The van der Waals surface area contributed by atoms with E-state index in [4.69, 9.17) is 5.11 Å². The molecule has 0 saturated carbocycles. The Labute approximate surface area is 93.1 Å². The van der Waals surface area contributed by atoms with Crippen molar-refractivity contribution in [1.82, 2.24) is 0 Å². The number of hydrogen-bond donors (Lipinski definition) is 3. The molecule has 0 saturated heterocycles. The van der Waals surface area contributed by atoms with Gasteiger partial charge in [0.05, 0.1) is 11.7 Å². The lowest BCUT2D eigenvalue weighted by Crippen LogP contribution is -2.35. The summed E-state index contributed by atoms with van der Waals surface area (Å²) in [7, 11) is 0. The maximum absolute atomic E-state index is 9.54. The van der Waals surface area contributed by atoms with Crippen LogP contribution in [0.5, 0.6) is 0 Å². The van der Waals surface area contributed by atoms with Crippen molar-refractivity contribution in [2.75, 3.05) is 6.61 Å². The third kappa shape index (κ3) is 8.85. The van der Waals surface area contributed by atoms with Crippen LogP contribution in [0.1, 0.15) is 58.8 Å². The minimum Gasteiger partial charge on any atom is -0.396 e. The average molecular weight is 218 g/mol. The van der Waals surface area contributed by atoms with Crippen molar-refractivity contribution >= 4 is 0 Å². The van der Waals surface area contributed by atoms with E-state index in [2.05, 4.69) is 0 Å². The molecule has 92 valence electrons. The summed E-state index contributed by atoms with van der Waals surface area (Å²) in [6.45, 7) is 3.56. The lowest BCUT2D eigenvalue weighted by atomic mass is 9.96. The van der Waals surface area contributed by atoms with Gasteiger partial charge in [0.15, 0.2) is 0 Å². The van der Waals surface area contributed by atoms with Gasteiger partial charge in [0, 0.05) is 6.61 Å². The van der Waals surface area contributed by atoms with Gasteiger partial charge in [-0.15, -0.1) is 0 Å². The van der Waals surface area contributed by atoms with Crippen LogP contribution in [0.25, 0.3) is 0 Å². The summed E-state index contributed by atoms with van der Waals surface area (Å²) in [4.78, 5) is 0. The molecule has 0 radical (unpaired) electrons. The van der Waals surface area contributed by atoms with Crippen molar-refractivity contribution < 1.29 is 15.3 Å². The zero-order chi connectivity index (χ0) is 11.7. The van der Waals surface area contributed by atoms with Gasteiger partial charge in [-0.1, -0.05) is 32.1 Å². The summed E-state index contributed by atoms with van der Waals surface area (Å²) in [6, 6.07) is 0. The molecule has 0 aromatic rings. The summed E-state index contributed by atoms with van der Waals surface area (Å²) in [5, 5.41) is 27.6. The van der Waals surface area contributed by atoms with E-state index >= 15 is 0 Å². The molecule has 3 heteroatoms. The van der Waals surface area contributed by atoms with Gasteiger partial charge in [0.1, 0.15) is 0 Å². The van der Waals surface area contributed by atoms with Crippen molar-refractivity contribution in [3.8, 4) is 0 Å². The van der Waals surface area contributed by atoms with Crippen LogP contribution in [0.15, 0.2) is 0 Å². The van der Waals surface area contributed by atoms with Crippen LogP contribution in [-0.2, 0) is 0 Å². The molecule has 3 N–H and O–H groups in total. The Morgan fingerprint density at radius 2 is 1.40 bits per heavy atom. The van der Waals surface area contributed by atoms with Crippen LogP contribution >= 0.6 is 0 Å². The molecule has 15 heavy (non-hydrogen) atoms. The van der Waals surface area contributed by atoms with E-state index in [-0.39, 0.29) is 6.61 Å². The number of hydrogen-bond acceptors (Lipinski definition) is 3. The van der Waals surface area contributed by atoms with E-state index in [0.29, 0.717) is 6.42 Å². The molecule has 0 rings (SSSR count). The van der Waals surface area contributed by atoms with Gasteiger partial charge in [0.25, 0.3) is 0 Å². The van der Waals surface area contributed by atoms with E-state index in [1.165, 1.54) is 0 Å². The first-order valence-electron chi connectivity index (χ1n) is 5.99. The van der Waals surface area contributed by atoms with Crippen LogP contribution in [0, 0.1) is 0 Å². The average Bonchev–Trinajstić information content (AvgIpc) is 2.14. The highest BCUT2D eigenvalue weighted by atomic mass is 16.3. The highest BCUT2D eigenvalue weighted by molar-refractivity contribution is 4.75. The second-order valence-corrected chi connectivity index (χ2v) is 4.80. The molecular weight excluding hydrogens is 192 g/mol. The van der Waals surface area contributed by atoms with E-state index in [1.54, 1.807) is 13.8 Å². The highest BCUT2D eigenvalue weighted by Crippen LogP contribution is 2.16. The van der Waals surface area contributed by atoms with Gasteiger partial charge in [-0.25, -0.2) is 0 Å². The largest absolute Gasteiger partial charge is 0.396 e. The summed E-state index contributed by atoms with van der Waals surface area (Å²) >= 11 is 0. The monoisotopic (exact) mass is 218 g/mol. The Morgan fingerprint density at radius 1 is 0.933 bits per heavy atom. The molecule has 1 unspecified atom stereocenters. The molecule has 0 amide bonds. The maximum atomic E-state index is 9.54.